The molecule has 0 radical (unpaired) electrons. The number of nitrogens with zero attached hydrogens (tertiary/aromatic N) is 1. The minimum atomic E-state index is -3.61. The van der Waals surface area contributed by atoms with Crippen LogP contribution >= 0.6 is 11.6 Å². The van der Waals surface area contributed by atoms with Crippen LogP contribution in [0.1, 0.15) is 15.9 Å². The first-order chi connectivity index (χ1) is 8.66. The van der Waals surface area contributed by atoms with E-state index in [9.17, 15) is 13.2 Å². The first-order valence-corrected chi connectivity index (χ1v) is 7.08. The Morgan fingerprint density at radius 2 is 2.00 bits per heavy atom. The molecule has 0 heterocycles. The fraction of sp³-hybridized carbons (Fsp3) is 0.0909. The van der Waals surface area contributed by atoms with Crippen molar-refractivity contribution in [2.45, 2.75) is 4.90 Å². The van der Waals surface area contributed by atoms with Crippen molar-refractivity contribution in [3.05, 3.63) is 28.3 Å². The number of nitrogens with two attached hydrogens (primary N) is 2. The molecule has 1 aromatic rings. The van der Waals surface area contributed by atoms with Crippen molar-refractivity contribution in [1.29, 1.82) is 0 Å². The summed E-state index contributed by atoms with van der Waals surface area (Å²) in [4.78, 5) is 14.8. The molecule has 0 aliphatic rings. The van der Waals surface area contributed by atoms with E-state index in [2.05, 4.69) is 10.9 Å². The van der Waals surface area contributed by atoms with E-state index < -0.39 is 21.7 Å². The van der Waals surface area contributed by atoms with Gasteiger partial charge in [-0.05, 0) is 12.1 Å². The maximum absolute atomic E-state index is 11.7. The van der Waals surface area contributed by atoms with E-state index in [0.29, 0.717) is 0 Å². The van der Waals surface area contributed by atoms with Crippen molar-refractivity contribution in [3.63, 3.8) is 0 Å². The van der Waals surface area contributed by atoms with E-state index >= 15 is 0 Å². The lowest BCUT2D eigenvalue weighted by molar-refractivity contribution is 0.100. The van der Waals surface area contributed by atoms with Gasteiger partial charge in [0.2, 0.25) is 0 Å². The highest BCUT2D eigenvalue weighted by Crippen LogP contribution is 2.26. The average molecular weight is 300 g/mol. The van der Waals surface area contributed by atoms with E-state index in [1.54, 1.807) is 0 Å². The number of hydrogen-bond acceptors (Lipinski definition) is 3. The van der Waals surface area contributed by atoms with Gasteiger partial charge in [0.1, 0.15) is 0 Å². The van der Waals surface area contributed by atoms with Gasteiger partial charge in [-0.25, -0.2) is 8.42 Å². The van der Waals surface area contributed by atoms with Crippen LogP contribution in [0.4, 0.5) is 0 Å². The number of sulfone groups is 1. The molecule has 6 nitrogen and oxygen atoms in total. The summed E-state index contributed by atoms with van der Waals surface area (Å²) >= 11 is 5.80. The zero-order valence-corrected chi connectivity index (χ0v) is 11.4. The first-order valence-electron chi connectivity index (χ1n) is 4.81. The van der Waals surface area contributed by atoms with Gasteiger partial charge in [-0.1, -0.05) is 17.5 Å². The Kier molecular flexibility index (Phi) is 4.19. The first kappa shape index (κ1) is 15.0. The third kappa shape index (κ3) is 3.47. The van der Waals surface area contributed by atoms with Crippen LogP contribution in [-0.2, 0) is 9.84 Å². The molecule has 0 bridgehead atoms. The van der Waals surface area contributed by atoms with E-state index in [1.807, 2.05) is 0 Å². The van der Waals surface area contributed by atoms with Crippen molar-refractivity contribution in [1.82, 2.24) is 0 Å². The summed E-state index contributed by atoms with van der Waals surface area (Å²) in [5.41, 5.74) is 10.2. The standard InChI is InChI=1S/C11H10ClN3O3S/c1-3-6-4-8(12)9(19(2,17)18)5-7(6)10(16)15-11(13)14/h1,4-5H,2H3,(H4,13,14,15,16). The third-order valence-electron chi connectivity index (χ3n) is 2.09. The molecule has 0 atom stereocenters. The van der Waals surface area contributed by atoms with Crippen LogP contribution in [0.3, 0.4) is 0 Å². The monoisotopic (exact) mass is 299 g/mol. The fourth-order valence-electron chi connectivity index (χ4n) is 1.31. The molecule has 0 saturated carbocycles. The quantitative estimate of drug-likeness (QED) is 0.458. The maximum atomic E-state index is 11.7. The summed E-state index contributed by atoms with van der Waals surface area (Å²) in [5.74, 6) is 0.925. The van der Waals surface area contributed by atoms with Gasteiger partial charge in [0.15, 0.2) is 15.8 Å². The SMILES string of the molecule is C#Cc1cc(Cl)c(S(C)(=O)=O)cc1C(=O)N=C(N)N. The second kappa shape index (κ2) is 5.30. The van der Waals surface area contributed by atoms with Gasteiger partial charge in [-0.3, -0.25) is 4.79 Å². The smallest absolute Gasteiger partial charge is 0.281 e. The summed E-state index contributed by atoms with van der Waals surface area (Å²) in [5, 5.41) is -0.0725. The normalized spacial score (nSPS) is 10.6. The van der Waals surface area contributed by atoms with Crippen molar-refractivity contribution < 1.29 is 13.2 Å². The van der Waals surface area contributed by atoms with E-state index in [0.717, 1.165) is 12.3 Å². The highest BCUT2D eigenvalue weighted by Gasteiger charge is 2.19. The van der Waals surface area contributed by atoms with Gasteiger partial charge in [0.05, 0.1) is 15.5 Å². The van der Waals surface area contributed by atoms with Gasteiger partial charge in [0, 0.05) is 11.8 Å². The number of terminal acetylenes is 1. The number of aliphatic imine (C=N–C) groups is 1. The molecule has 4 N–H and O–H groups in total. The summed E-state index contributed by atoms with van der Waals surface area (Å²) in [7, 11) is -3.61. The molecule has 1 aromatic carbocycles. The van der Waals surface area contributed by atoms with Crippen LogP contribution in [0.25, 0.3) is 0 Å². The van der Waals surface area contributed by atoms with Crippen molar-refractivity contribution in [2.24, 2.45) is 16.5 Å². The summed E-state index contributed by atoms with van der Waals surface area (Å²) in [6.07, 6.45) is 6.18. The molecule has 19 heavy (non-hydrogen) atoms. The zero-order chi connectivity index (χ0) is 14.8. The summed E-state index contributed by atoms with van der Waals surface area (Å²) in [6, 6.07) is 2.26. The Balaban J connectivity index is 3.61. The van der Waals surface area contributed by atoms with Gasteiger partial charge in [-0.2, -0.15) is 4.99 Å². The lowest BCUT2D eigenvalue weighted by Crippen LogP contribution is -2.24. The molecule has 100 valence electrons. The maximum Gasteiger partial charge on any atom is 0.281 e. The van der Waals surface area contributed by atoms with Crippen LogP contribution in [-0.4, -0.2) is 26.5 Å². The fourth-order valence-corrected chi connectivity index (χ4v) is 2.64. The molecule has 0 spiro atoms. The topological polar surface area (TPSA) is 116 Å². The molecule has 0 aliphatic carbocycles. The molecule has 0 unspecified atom stereocenters. The summed E-state index contributed by atoms with van der Waals surface area (Å²) < 4.78 is 23.0. The Hall–Kier alpha value is -2.04. The number of rotatable bonds is 2. The molecule has 0 aromatic heterocycles. The average Bonchev–Trinajstić information content (AvgIpc) is 2.25. The minimum absolute atomic E-state index is 0.0725. The van der Waals surface area contributed by atoms with E-state index in [1.165, 1.54) is 6.07 Å². The Bertz CT molecular complexity index is 713. The van der Waals surface area contributed by atoms with Crippen LogP contribution in [0.5, 0.6) is 0 Å². The largest absolute Gasteiger partial charge is 0.370 e. The summed E-state index contributed by atoms with van der Waals surface area (Å²) in [6.45, 7) is 0. The molecule has 1 rings (SSSR count). The molecule has 0 aliphatic heterocycles. The lowest BCUT2D eigenvalue weighted by Gasteiger charge is -2.06. The van der Waals surface area contributed by atoms with Crippen LogP contribution < -0.4 is 11.5 Å². The molecule has 0 saturated heterocycles. The van der Waals surface area contributed by atoms with Gasteiger partial charge < -0.3 is 11.5 Å². The van der Waals surface area contributed by atoms with Crippen molar-refractivity contribution in [3.8, 4) is 12.3 Å². The molecule has 0 fully saturated rings. The van der Waals surface area contributed by atoms with Crippen molar-refractivity contribution in [2.75, 3.05) is 6.26 Å². The number of amides is 1. The Morgan fingerprint density at radius 3 is 2.42 bits per heavy atom. The number of benzene rings is 1. The molecule has 1 amide bonds. The van der Waals surface area contributed by atoms with E-state index in [-0.39, 0.29) is 21.0 Å². The van der Waals surface area contributed by atoms with E-state index in [4.69, 9.17) is 29.5 Å². The number of halogens is 1. The predicted molar refractivity (Wildman–Crippen MR) is 72.6 cm³/mol. The highest BCUT2D eigenvalue weighted by molar-refractivity contribution is 7.90. The van der Waals surface area contributed by atoms with Gasteiger partial charge in [-0.15, -0.1) is 6.42 Å². The van der Waals surface area contributed by atoms with Crippen LogP contribution in [0.2, 0.25) is 5.02 Å². The number of carbonyl (C=O) groups is 1. The molecular formula is C11H10ClN3O3S. The van der Waals surface area contributed by atoms with Gasteiger partial charge >= 0.3 is 0 Å². The Morgan fingerprint density at radius 1 is 1.42 bits per heavy atom. The second-order valence-corrected chi connectivity index (χ2v) is 5.98. The number of carbonyl (C=O) groups excluding carboxylic acids is 1. The number of guanidine groups is 1. The highest BCUT2D eigenvalue weighted by atomic mass is 35.5. The lowest BCUT2D eigenvalue weighted by atomic mass is 10.1. The minimum Gasteiger partial charge on any atom is -0.370 e. The Labute approximate surface area is 115 Å². The van der Waals surface area contributed by atoms with Gasteiger partial charge in [0.25, 0.3) is 5.91 Å². The third-order valence-corrected chi connectivity index (χ3v) is 3.65. The van der Waals surface area contributed by atoms with Crippen LogP contribution in [0, 0.1) is 12.3 Å². The number of hydrogen-bond donors (Lipinski definition) is 2. The molecular weight excluding hydrogens is 290 g/mol. The second-order valence-electron chi connectivity index (χ2n) is 3.59. The van der Waals surface area contributed by atoms with Crippen molar-refractivity contribution >= 4 is 33.3 Å². The van der Waals surface area contributed by atoms with Crippen LogP contribution in [0.15, 0.2) is 22.0 Å². The molecule has 8 heteroatoms. The zero-order valence-electron chi connectivity index (χ0n) is 9.84. The predicted octanol–water partition coefficient (Wildman–Crippen LogP) is 0.138.